The summed E-state index contributed by atoms with van der Waals surface area (Å²) in [6.45, 7) is -2.32. The maximum Gasteiger partial charge on any atom is 0.323 e. The molecule has 1 aliphatic rings. The van der Waals surface area contributed by atoms with Crippen molar-refractivity contribution in [2.45, 2.75) is 17.9 Å². The van der Waals surface area contributed by atoms with Crippen molar-refractivity contribution < 1.29 is 22.7 Å². The summed E-state index contributed by atoms with van der Waals surface area (Å²) in [5, 5.41) is 9.00. The molecule has 0 aromatic rings. The van der Waals surface area contributed by atoms with Crippen LogP contribution >= 0.6 is 11.6 Å². The lowest BCUT2D eigenvalue weighted by Gasteiger charge is -2.16. The normalized spacial score (nSPS) is 27.9. The van der Waals surface area contributed by atoms with E-state index in [1.165, 1.54) is 0 Å². The monoisotopic (exact) mass is 235 g/mol. The van der Waals surface area contributed by atoms with Crippen LogP contribution in [-0.4, -0.2) is 53.5 Å². The first kappa shape index (κ1) is 12.0. The SMILES string of the molecule is OC(CCl)CN1CC(F)(F)C(F)(F)C1. The van der Waals surface area contributed by atoms with E-state index in [1.54, 1.807) is 0 Å². The van der Waals surface area contributed by atoms with Gasteiger partial charge < -0.3 is 5.11 Å². The minimum absolute atomic E-state index is 0.159. The molecule has 0 aliphatic carbocycles. The highest BCUT2D eigenvalue weighted by Gasteiger charge is 2.62. The lowest BCUT2D eigenvalue weighted by molar-refractivity contribution is -0.172. The van der Waals surface area contributed by atoms with Gasteiger partial charge in [-0.3, -0.25) is 4.90 Å². The number of alkyl halides is 5. The van der Waals surface area contributed by atoms with E-state index in [0.717, 1.165) is 4.90 Å². The van der Waals surface area contributed by atoms with Crippen molar-refractivity contribution in [1.82, 2.24) is 4.90 Å². The number of rotatable bonds is 3. The van der Waals surface area contributed by atoms with E-state index >= 15 is 0 Å². The molecule has 1 fully saturated rings. The number of hydrogen-bond acceptors (Lipinski definition) is 2. The van der Waals surface area contributed by atoms with Crippen LogP contribution in [0.5, 0.6) is 0 Å². The van der Waals surface area contributed by atoms with E-state index in [2.05, 4.69) is 0 Å². The Morgan fingerprint density at radius 1 is 1.21 bits per heavy atom. The number of likely N-dealkylation sites (tertiary alicyclic amines) is 1. The summed E-state index contributed by atoms with van der Waals surface area (Å²) in [4.78, 5) is 0.813. The third kappa shape index (κ3) is 2.29. The fourth-order valence-corrected chi connectivity index (χ4v) is 1.42. The van der Waals surface area contributed by atoms with Crippen molar-refractivity contribution in [2.24, 2.45) is 0 Å². The Kier molecular flexibility index (Phi) is 3.28. The van der Waals surface area contributed by atoms with Gasteiger partial charge in [0.15, 0.2) is 0 Å². The summed E-state index contributed by atoms with van der Waals surface area (Å²) in [6, 6.07) is 0. The molecule has 0 bridgehead atoms. The van der Waals surface area contributed by atoms with Crippen LogP contribution in [0.2, 0.25) is 0 Å². The van der Waals surface area contributed by atoms with Crippen LogP contribution in [0.4, 0.5) is 17.6 Å². The van der Waals surface area contributed by atoms with Gasteiger partial charge in [-0.25, -0.2) is 0 Å². The highest BCUT2D eigenvalue weighted by Crippen LogP contribution is 2.40. The highest BCUT2D eigenvalue weighted by atomic mass is 35.5. The molecule has 1 atom stereocenters. The molecular formula is C7H10ClF4NO. The first-order valence-electron chi connectivity index (χ1n) is 4.00. The highest BCUT2D eigenvalue weighted by molar-refractivity contribution is 6.18. The van der Waals surface area contributed by atoms with Gasteiger partial charge >= 0.3 is 11.8 Å². The zero-order valence-corrected chi connectivity index (χ0v) is 7.95. The van der Waals surface area contributed by atoms with E-state index in [9.17, 15) is 17.6 Å². The minimum Gasteiger partial charge on any atom is -0.391 e. The van der Waals surface area contributed by atoms with Gasteiger partial charge in [0.25, 0.3) is 0 Å². The molecule has 1 N–H and O–H groups in total. The Morgan fingerprint density at radius 3 is 2.00 bits per heavy atom. The number of β-amino-alcohol motifs (C(OH)–C–C–N with tert-alkyl or cyclic N) is 1. The predicted molar refractivity (Wildman–Crippen MR) is 43.1 cm³/mol. The van der Waals surface area contributed by atoms with E-state index in [0.29, 0.717) is 0 Å². The van der Waals surface area contributed by atoms with Crippen LogP contribution in [-0.2, 0) is 0 Å². The molecule has 0 amide bonds. The topological polar surface area (TPSA) is 23.5 Å². The number of aliphatic hydroxyl groups excluding tert-OH is 1. The van der Waals surface area contributed by atoms with Gasteiger partial charge in [0.05, 0.1) is 19.2 Å². The largest absolute Gasteiger partial charge is 0.391 e. The molecule has 1 rings (SSSR count). The Bertz CT molecular complexity index is 198. The summed E-state index contributed by atoms with van der Waals surface area (Å²) in [5.74, 6) is -8.19. The first-order chi connectivity index (χ1) is 6.28. The molecule has 0 radical (unpaired) electrons. The first-order valence-corrected chi connectivity index (χ1v) is 4.54. The van der Waals surface area contributed by atoms with Crippen molar-refractivity contribution >= 4 is 11.6 Å². The number of nitrogens with zero attached hydrogens (tertiary/aromatic N) is 1. The third-order valence-corrected chi connectivity index (χ3v) is 2.38. The zero-order valence-electron chi connectivity index (χ0n) is 7.19. The van der Waals surface area contributed by atoms with Gasteiger partial charge in [-0.1, -0.05) is 0 Å². The molecule has 1 heterocycles. The lowest BCUT2D eigenvalue weighted by atomic mass is 10.2. The van der Waals surface area contributed by atoms with E-state index in [-0.39, 0.29) is 12.4 Å². The molecule has 1 saturated heterocycles. The second-order valence-corrected chi connectivity index (χ2v) is 3.70. The Balaban J connectivity index is 2.55. The van der Waals surface area contributed by atoms with E-state index in [1.807, 2.05) is 0 Å². The molecule has 0 spiro atoms. The van der Waals surface area contributed by atoms with Crippen LogP contribution in [0.3, 0.4) is 0 Å². The molecular weight excluding hydrogens is 226 g/mol. The second kappa shape index (κ2) is 3.83. The number of aliphatic hydroxyl groups is 1. The van der Waals surface area contributed by atoms with Crippen molar-refractivity contribution in [3.8, 4) is 0 Å². The van der Waals surface area contributed by atoms with Crippen LogP contribution in [0, 0.1) is 0 Å². The number of halogens is 5. The smallest absolute Gasteiger partial charge is 0.323 e. The molecule has 84 valence electrons. The van der Waals surface area contributed by atoms with Crippen LogP contribution in [0.25, 0.3) is 0 Å². The minimum atomic E-state index is -4.01. The van der Waals surface area contributed by atoms with Crippen molar-refractivity contribution in [1.29, 1.82) is 0 Å². The van der Waals surface area contributed by atoms with E-state index < -0.39 is 31.0 Å². The molecule has 0 aromatic carbocycles. The van der Waals surface area contributed by atoms with Crippen molar-refractivity contribution in [3.05, 3.63) is 0 Å². The summed E-state index contributed by atoms with van der Waals surface area (Å²) in [5.41, 5.74) is 0. The maximum atomic E-state index is 12.6. The van der Waals surface area contributed by atoms with Crippen LogP contribution in [0.1, 0.15) is 0 Å². The third-order valence-electron chi connectivity index (χ3n) is 2.03. The molecule has 0 saturated carbocycles. The van der Waals surface area contributed by atoms with Gasteiger partial charge in [-0.05, 0) is 0 Å². The van der Waals surface area contributed by atoms with Gasteiger partial charge in [0.1, 0.15) is 0 Å². The van der Waals surface area contributed by atoms with Gasteiger partial charge in [0.2, 0.25) is 0 Å². The van der Waals surface area contributed by atoms with Gasteiger partial charge in [-0.15, -0.1) is 11.6 Å². The standard InChI is InChI=1S/C7H10ClF4NO/c8-1-5(14)2-13-3-6(9,10)7(11,12)4-13/h5,14H,1-4H2. The van der Waals surface area contributed by atoms with E-state index in [4.69, 9.17) is 16.7 Å². The Labute approximate surface area is 83.4 Å². The van der Waals surface area contributed by atoms with Crippen LogP contribution < -0.4 is 0 Å². The zero-order chi connectivity index (χ0) is 11.0. The average Bonchev–Trinajstić information content (AvgIpc) is 2.20. The summed E-state index contributed by atoms with van der Waals surface area (Å²) in [7, 11) is 0. The second-order valence-electron chi connectivity index (χ2n) is 3.39. The lowest BCUT2D eigenvalue weighted by Crippen LogP contribution is -2.38. The Morgan fingerprint density at radius 2 is 1.64 bits per heavy atom. The summed E-state index contributed by atoms with van der Waals surface area (Å²) >= 11 is 5.22. The molecule has 14 heavy (non-hydrogen) atoms. The van der Waals surface area contributed by atoms with Crippen molar-refractivity contribution in [2.75, 3.05) is 25.5 Å². The summed E-state index contributed by atoms with van der Waals surface area (Å²) in [6.07, 6.45) is -1.05. The van der Waals surface area contributed by atoms with Gasteiger partial charge in [0, 0.05) is 12.4 Å². The fourth-order valence-electron chi connectivity index (χ4n) is 1.32. The molecule has 2 nitrogen and oxygen atoms in total. The predicted octanol–water partition coefficient (Wildman–Crippen LogP) is 1.17. The molecule has 1 aliphatic heterocycles. The molecule has 1 unspecified atom stereocenters. The quantitative estimate of drug-likeness (QED) is 0.586. The summed E-state index contributed by atoms with van der Waals surface area (Å²) < 4.78 is 50.5. The molecule has 7 heteroatoms. The molecule has 0 aromatic heterocycles. The average molecular weight is 236 g/mol. The van der Waals surface area contributed by atoms with Gasteiger partial charge in [-0.2, -0.15) is 17.6 Å². The Hall–Kier alpha value is -0.0700. The van der Waals surface area contributed by atoms with Crippen LogP contribution in [0.15, 0.2) is 0 Å². The number of hydrogen-bond donors (Lipinski definition) is 1. The fraction of sp³-hybridized carbons (Fsp3) is 1.00. The van der Waals surface area contributed by atoms with Crippen molar-refractivity contribution in [3.63, 3.8) is 0 Å². The maximum absolute atomic E-state index is 12.6.